The zero-order valence-corrected chi connectivity index (χ0v) is 22.2. The number of rotatable bonds is 11. The molecule has 0 bridgehead atoms. The number of nitrogens with zero attached hydrogens (tertiary/aromatic N) is 1. The summed E-state index contributed by atoms with van der Waals surface area (Å²) in [6.07, 6.45) is 7.96. The maximum absolute atomic E-state index is 9.40. The van der Waals surface area contributed by atoms with Crippen LogP contribution < -0.4 is 9.29 Å². The highest BCUT2D eigenvalue weighted by Gasteiger charge is 2.18. The lowest BCUT2D eigenvalue weighted by Crippen LogP contribution is -2.33. The molecule has 4 rings (SSSR count). The quantitative estimate of drug-likeness (QED) is 0.120. The number of pyridine rings is 1. The Kier molecular flexibility index (Phi) is 11.2. The molecule has 1 heterocycles. The summed E-state index contributed by atoms with van der Waals surface area (Å²) in [7, 11) is 0. The molecule has 37 heavy (non-hydrogen) atoms. The summed E-state index contributed by atoms with van der Waals surface area (Å²) in [5.41, 5.74) is 5.13. The van der Waals surface area contributed by atoms with Crippen LogP contribution >= 0.6 is 11.9 Å². The highest BCUT2D eigenvalue weighted by atomic mass is 32.2. The minimum Gasteiger partial charge on any atom is -0.508 e. The number of nitrogens with one attached hydrogen (secondary N) is 1. The second-order valence-electron chi connectivity index (χ2n) is 9.06. The lowest BCUT2D eigenvalue weighted by molar-refractivity contribution is -0.688. The zero-order chi connectivity index (χ0) is 26.5. The molecular formula is C31H35N2O3S+. The van der Waals surface area contributed by atoms with Gasteiger partial charge in [0.1, 0.15) is 5.75 Å². The van der Waals surface area contributed by atoms with E-state index < -0.39 is 0 Å². The molecule has 0 aliphatic carbocycles. The van der Waals surface area contributed by atoms with Gasteiger partial charge in [-0.3, -0.25) is 0 Å². The minimum atomic E-state index is 0.276. The molecule has 0 saturated carbocycles. The van der Waals surface area contributed by atoms with Gasteiger partial charge in [0.25, 0.3) is 0 Å². The van der Waals surface area contributed by atoms with Gasteiger partial charge in [-0.25, -0.2) is 4.57 Å². The highest BCUT2D eigenvalue weighted by molar-refractivity contribution is 8.00. The summed E-state index contributed by atoms with van der Waals surface area (Å²) in [4.78, 5) is 15.1. The fraction of sp³-hybridized carbons (Fsp3) is 0.258. The first-order valence-corrected chi connectivity index (χ1v) is 13.5. The van der Waals surface area contributed by atoms with Crippen LogP contribution in [0.3, 0.4) is 0 Å². The molecule has 0 aliphatic rings. The first-order valence-electron chi connectivity index (χ1n) is 12.7. The third-order valence-corrected chi connectivity index (χ3v) is 7.50. The number of hydrogen-bond donors (Lipinski definition) is 2. The van der Waals surface area contributed by atoms with E-state index in [1.54, 1.807) is 24.1 Å². The molecular weight excluding hydrogens is 480 g/mol. The Labute approximate surface area is 223 Å². The van der Waals surface area contributed by atoms with Crippen LogP contribution in [-0.2, 0) is 6.54 Å². The number of benzene rings is 3. The lowest BCUT2D eigenvalue weighted by atomic mass is 9.83. The van der Waals surface area contributed by atoms with E-state index in [1.165, 1.54) is 29.5 Å². The Hall–Kier alpha value is -3.64. The highest BCUT2D eigenvalue weighted by Crippen LogP contribution is 2.33. The van der Waals surface area contributed by atoms with Crippen molar-refractivity contribution >= 4 is 17.6 Å². The van der Waals surface area contributed by atoms with Crippen LogP contribution in [0.1, 0.15) is 61.6 Å². The van der Waals surface area contributed by atoms with Gasteiger partial charge in [0.2, 0.25) is 0 Å². The fourth-order valence-electron chi connectivity index (χ4n) is 4.51. The monoisotopic (exact) mass is 515 g/mol. The van der Waals surface area contributed by atoms with Crippen LogP contribution in [0.4, 0.5) is 5.69 Å². The van der Waals surface area contributed by atoms with Crippen molar-refractivity contribution < 1.29 is 9.67 Å². The number of phenols is 1. The number of aromatic nitrogens is 1. The third kappa shape index (κ3) is 8.46. The Morgan fingerprint density at radius 2 is 1.32 bits per heavy atom. The molecule has 0 spiro atoms. The second kappa shape index (κ2) is 14.8. The van der Waals surface area contributed by atoms with E-state index in [0.717, 1.165) is 23.5 Å². The first-order chi connectivity index (χ1) is 18.1. The molecule has 192 valence electrons. The molecule has 1 aromatic heterocycles. The SMILES string of the molecule is CCC(CC(CC)c1cc[n+](Cc2ccc(SNc3ccc(O)cc3)cc2)cc1)c1ccccc1.O=O. The average molecular weight is 516 g/mol. The van der Waals surface area contributed by atoms with Crippen LogP contribution in [-0.4, -0.2) is 5.11 Å². The van der Waals surface area contributed by atoms with Gasteiger partial charge in [-0.05, 0) is 90.6 Å². The van der Waals surface area contributed by atoms with Gasteiger partial charge in [-0.2, -0.15) is 0 Å². The van der Waals surface area contributed by atoms with E-state index in [0.29, 0.717) is 11.8 Å². The molecule has 5 nitrogen and oxygen atoms in total. The largest absolute Gasteiger partial charge is 0.508 e. The van der Waals surface area contributed by atoms with Crippen LogP contribution in [0.25, 0.3) is 0 Å². The van der Waals surface area contributed by atoms with Crippen molar-refractivity contribution in [3.63, 3.8) is 0 Å². The van der Waals surface area contributed by atoms with Crippen LogP contribution in [0.15, 0.2) is 108 Å². The maximum atomic E-state index is 9.40. The maximum Gasteiger partial charge on any atom is 0.173 e. The lowest BCUT2D eigenvalue weighted by Gasteiger charge is -2.22. The second-order valence-corrected chi connectivity index (χ2v) is 9.94. The third-order valence-electron chi connectivity index (χ3n) is 6.66. The molecule has 2 N–H and O–H groups in total. The van der Waals surface area contributed by atoms with Gasteiger partial charge in [0.05, 0.1) is 0 Å². The Bertz CT molecular complexity index is 1180. The smallest absolute Gasteiger partial charge is 0.173 e. The molecule has 0 aliphatic heterocycles. The van der Waals surface area contributed by atoms with Crippen molar-refractivity contribution in [3.8, 4) is 5.75 Å². The van der Waals surface area contributed by atoms with Gasteiger partial charge < -0.3 is 9.83 Å². The molecule has 0 radical (unpaired) electrons. The van der Waals surface area contributed by atoms with Gasteiger partial charge in [0, 0.05) is 38.2 Å². The summed E-state index contributed by atoms with van der Waals surface area (Å²) in [5, 5.41) is 9.40. The molecule has 4 aromatic rings. The number of phenolic OH excluding ortho intramolecular Hbond substituents is 1. The van der Waals surface area contributed by atoms with E-state index in [4.69, 9.17) is 9.93 Å². The normalized spacial score (nSPS) is 12.2. The van der Waals surface area contributed by atoms with Crippen molar-refractivity contribution in [1.82, 2.24) is 0 Å². The molecule has 0 fully saturated rings. The van der Waals surface area contributed by atoms with E-state index in [-0.39, 0.29) is 5.75 Å². The van der Waals surface area contributed by atoms with Crippen LogP contribution in [0, 0.1) is 9.93 Å². The first kappa shape index (κ1) is 27.9. The molecule has 0 saturated heterocycles. The summed E-state index contributed by atoms with van der Waals surface area (Å²) in [5.74, 6) is 1.46. The van der Waals surface area contributed by atoms with Crippen molar-refractivity contribution in [2.75, 3.05) is 4.72 Å². The van der Waals surface area contributed by atoms with Crippen LogP contribution in [0.5, 0.6) is 5.75 Å². The molecule has 6 heteroatoms. The Morgan fingerprint density at radius 1 is 0.757 bits per heavy atom. The Morgan fingerprint density at radius 3 is 1.89 bits per heavy atom. The average Bonchev–Trinajstić information content (AvgIpc) is 2.96. The molecule has 2 atom stereocenters. The summed E-state index contributed by atoms with van der Waals surface area (Å²) >= 11 is 1.57. The minimum absolute atomic E-state index is 0.276. The number of aromatic hydroxyl groups is 1. The zero-order valence-electron chi connectivity index (χ0n) is 21.4. The number of anilines is 1. The van der Waals surface area contributed by atoms with Gasteiger partial charge in [-0.1, -0.05) is 56.3 Å². The van der Waals surface area contributed by atoms with E-state index in [1.807, 2.05) is 12.1 Å². The van der Waals surface area contributed by atoms with Crippen molar-refractivity contribution in [2.45, 2.75) is 56.4 Å². The molecule has 3 aromatic carbocycles. The van der Waals surface area contributed by atoms with Gasteiger partial charge in [0.15, 0.2) is 18.9 Å². The number of hydrogen-bond acceptors (Lipinski definition) is 5. The van der Waals surface area contributed by atoms with Gasteiger partial charge >= 0.3 is 0 Å². The van der Waals surface area contributed by atoms with Crippen LogP contribution in [0.2, 0.25) is 0 Å². The van der Waals surface area contributed by atoms with Crippen molar-refractivity contribution in [2.24, 2.45) is 0 Å². The molecule has 2 unspecified atom stereocenters. The van der Waals surface area contributed by atoms with Gasteiger partial charge in [-0.15, -0.1) is 0 Å². The fourth-order valence-corrected chi connectivity index (χ4v) is 5.16. The van der Waals surface area contributed by atoms with Crippen molar-refractivity contribution in [3.05, 3.63) is 130 Å². The summed E-state index contributed by atoms with van der Waals surface area (Å²) in [6.45, 7) is 5.46. The summed E-state index contributed by atoms with van der Waals surface area (Å²) < 4.78 is 5.56. The summed E-state index contributed by atoms with van der Waals surface area (Å²) in [6, 6.07) is 31.3. The van der Waals surface area contributed by atoms with Crippen molar-refractivity contribution in [1.29, 1.82) is 0 Å². The van der Waals surface area contributed by atoms with E-state index in [9.17, 15) is 5.11 Å². The van der Waals surface area contributed by atoms with E-state index >= 15 is 0 Å². The standard InChI is InChI=1S/C31H34N2OS.O2/c1-3-25(27-8-6-5-7-9-27)22-26(4-2)28-18-20-33(21-19-28)23-24-10-16-31(17-11-24)35-32-29-12-14-30(34)15-13-29;1-2/h5-21,25-26,32H,3-4,22-23H2,1-2H3;/p+1. The predicted molar refractivity (Wildman–Crippen MR) is 154 cm³/mol. The topological polar surface area (TPSA) is 70.3 Å². The Balaban J connectivity index is 0.00000186. The van der Waals surface area contributed by atoms with E-state index in [2.05, 4.69) is 102 Å². The molecule has 0 amide bonds. The predicted octanol–water partition coefficient (Wildman–Crippen LogP) is 7.99.